The van der Waals surface area contributed by atoms with E-state index in [1.54, 1.807) is 12.3 Å². The summed E-state index contributed by atoms with van der Waals surface area (Å²) in [5.74, 6) is 1.57. The molecule has 0 unspecified atom stereocenters. The molecule has 1 aromatic heterocycles. The molecular formula is C15H26N4O. The van der Waals surface area contributed by atoms with Crippen LogP contribution in [0.2, 0.25) is 0 Å². The number of aromatic amines is 1. The van der Waals surface area contributed by atoms with Gasteiger partial charge < -0.3 is 10.2 Å². The summed E-state index contributed by atoms with van der Waals surface area (Å²) in [5.41, 5.74) is 0.531. The highest BCUT2D eigenvalue weighted by Crippen LogP contribution is 2.20. The number of hydrogen-bond donors (Lipinski definition) is 2. The van der Waals surface area contributed by atoms with E-state index in [1.807, 2.05) is 0 Å². The number of amides is 1. The number of likely N-dealkylation sites (tertiary alicyclic amines) is 1. The molecule has 5 nitrogen and oxygen atoms in total. The number of nitrogens with one attached hydrogen (secondary N) is 2. The molecule has 0 spiro atoms. The lowest BCUT2D eigenvalue weighted by atomic mass is 9.92. The van der Waals surface area contributed by atoms with Crippen LogP contribution in [0.15, 0.2) is 12.3 Å². The van der Waals surface area contributed by atoms with Gasteiger partial charge in [0.2, 0.25) is 0 Å². The molecular weight excluding hydrogens is 252 g/mol. The summed E-state index contributed by atoms with van der Waals surface area (Å²) < 4.78 is 0. The van der Waals surface area contributed by atoms with E-state index in [1.165, 1.54) is 19.5 Å². The van der Waals surface area contributed by atoms with Crippen molar-refractivity contribution in [3.05, 3.63) is 18.0 Å². The molecule has 1 amide bonds. The van der Waals surface area contributed by atoms with Crippen LogP contribution in [0.4, 0.5) is 0 Å². The van der Waals surface area contributed by atoms with Crippen LogP contribution in [-0.4, -0.2) is 47.2 Å². The lowest BCUT2D eigenvalue weighted by molar-refractivity contribution is 0.0946. The molecule has 2 heterocycles. The molecule has 1 aliphatic heterocycles. The zero-order chi connectivity index (χ0) is 14.4. The topological polar surface area (TPSA) is 61.0 Å². The first-order valence-corrected chi connectivity index (χ1v) is 7.65. The Hall–Kier alpha value is -1.36. The average Bonchev–Trinajstić information content (AvgIpc) is 2.90. The molecule has 112 valence electrons. The van der Waals surface area contributed by atoms with Crippen molar-refractivity contribution in [3.8, 4) is 0 Å². The Bertz CT molecular complexity index is 394. The fraction of sp³-hybridized carbons (Fsp3) is 0.733. The van der Waals surface area contributed by atoms with E-state index < -0.39 is 0 Å². The number of carbonyl (C=O) groups excluding carboxylic acids is 1. The van der Waals surface area contributed by atoms with E-state index >= 15 is 0 Å². The lowest BCUT2D eigenvalue weighted by Crippen LogP contribution is -2.39. The highest BCUT2D eigenvalue weighted by molar-refractivity contribution is 5.91. The number of unbranched alkanes of at least 4 members (excludes halogenated alkanes) is 1. The summed E-state index contributed by atoms with van der Waals surface area (Å²) in [5, 5.41) is 9.35. The zero-order valence-corrected chi connectivity index (χ0v) is 12.6. The highest BCUT2D eigenvalue weighted by Gasteiger charge is 2.20. The number of hydrogen-bond acceptors (Lipinski definition) is 3. The monoisotopic (exact) mass is 278 g/mol. The molecule has 1 saturated heterocycles. The Labute approximate surface area is 121 Å². The standard InChI is InChI=1S/C15H26N4O/c1-12-9-13(2)11-19(10-12)8-4-3-6-16-15(20)14-5-7-17-18-14/h5,7,12-13H,3-4,6,8-11H2,1-2H3,(H,16,20)(H,17,18)/t12-,13-/m1/s1. The van der Waals surface area contributed by atoms with Crippen LogP contribution in [0.5, 0.6) is 0 Å². The number of aromatic nitrogens is 2. The van der Waals surface area contributed by atoms with E-state index in [-0.39, 0.29) is 5.91 Å². The molecule has 1 aromatic rings. The van der Waals surface area contributed by atoms with Gasteiger partial charge in [0.05, 0.1) is 0 Å². The molecule has 0 bridgehead atoms. The third-order valence-electron chi connectivity index (χ3n) is 3.88. The molecule has 2 atom stereocenters. The van der Waals surface area contributed by atoms with E-state index in [0.717, 1.165) is 37.8 Å². The SMILES string of the molecule is C[C@@H]1C[C@@H](C)CN(CCCCNC(=O)c2ccn[nH]2)C1. The molecule has 2 N–H and O–H groups in total. The fourth-order valence-corrected chi connectivity index (χ4v) is 3.11. The van der Waals surface area contributed by atoms with E-state index in [9.17, 15) is 4.79 Å². The second kappa shape index (κ2) is 7.43. The predicted molar refractivity (Wildman–Crippen MR) is 79.5 cm³/mol. The van der Waals surface area contributed by atoms with Crippen LogP contribution in [0.25, 0.3) is 0 Å². The lowest BCUT2D eigenvalue weighted by Gasteiger charge is -2.34. The number of carbonyl (C=O) groups is 1. The highest BCUT2D eigenvalue weighted by atomic mass is 16.1. The molecule has 0 aliphatic carbocycles. The maximum atomic E-state index is 11.7. The van der Waals surface area contributed by atoms with Gasteiger partial charge in [-0.1, -0.05) is 13.8 Å². The van der Waals surface area contributed by atoms with Gasteiger partial charge in [0.1, 0.15) is 5.69 Å². The molecule has 0 radical (unpaired) electrons. The Morgan fingerprint density at radius 2 is 2.15 bits per heavy atom. The summed E-state index contributed by atoms with van der Waals surface area (Å²) in [7, 11) is 0. The molecule has 1 fully saturated rings. The Balaban J connectivity index is 1.56. The number of nitrogens with zero attached hydrogens (tertiary/aromatic N) is 2. The maximum Gasteiger partial charge on any atom is 0.269 e. The first-order valence-electron chi connectivity index (χ1n) is 7.65. The van der Waals surface area contributed by atoms with Gasteiger partial charge in [-0.05, 0) is 43.7 Å². The largest absolute Gasteiger partial charge is 0.351 e. The van der Waals surface area contributed by atoms with Gasteiger partial charge in [0.15, 0.2) is 0 Å². The quantitative estimate of drug-likeness (QED) is 0.781. The molecule has 1 aliphatic rings. The predicted octanol–water partition coefficient (Wildman–Crippen LogP) is 1.90. The Morgan fingerprint density at radius 1 is 1.40 bits per heavy atom. The number of piperidine rings is 1. The van der Waals surface area contributed by atoms with Crippen LogP contribution in [-0.2, 0) is 0 Å². The van der Waals surface area contributed by atoms with Crippen LogP contribution in [0, 0.1) is 11.8 Å². The van der Waals surface area contributed by atoms with Crippen LogP contribution < -0.4 is 5.32 Å². The van der Waals surface area contributed by atoms with Crippen molar-refractivity contribution in [1.82, 2.24) is 20.4 Å². The molecule has 2 rings (SSSR count). The maximum absolute atomic E-state index is 11.7. The molecule has 0 aromatic carbocycles. The van der Waals surface area contributed by atoms with Crippen molar-refractivity contribution in [3.63, 3.8) is 0 Å². The first kappa shape index (κ1) is 15.0. The van der Waals surface area contributed by atoms with Crippen LogP contribution in [0.3, 0.4) is 0 Å². The third kappa shape index (κ3) is 4.63. The number of rotatable bonds is 6. The van der Waals surface area contributed by atoms with Crippen molar-refractivity contribution in [2.75, 3.05) is 26.2 Å². The van der Waals surface area contributed by atoms with Gasteiger partial charge in [0.25, 0.3) is 5.91 Å². The number of H-pyrrole nitrogens is 1. The van der Waals surface area contributed by atoms with E-state index in [4.69, 9.17) is 0 Å². The van der Waals surface area contributed by atoms with Gasteiger partial charge in [0, 0.05) is 25.8 Å². The first-order chi connectivity index (χ1) is 9.65. The van der Waals surface area contributed by atoms with Gasteiger partial charge in [-0.3, -0.25) is 9.89 Å². The van der Waals surface area contributed by atoms with Crippen molar-refractivity contribution in [2.24, 2.45) is 11.8 Å². The Kier molecular flexibility index (Phi) is 5.59. The minimum absolute atomic E-state index is 0.0669. The van der Waals surface area contributed by atoms with Crippen LogP contribution >= 0.6 is 0 Å². The minimum Gasteiger partial charge on any atom is -0.351 e. The van der Waals surface area contributed by atoms with Crippen molar-refractivity contribution >= 4 is 5.91 Å². The second-order valence-electron chi connectivity index (χ2n) is 6.14. The van der Waals surface area contributed by atoms with Crippen molar-refractivity contribution in [2.45, 2.75) is 33.1 Å². The van der Waals surface area contributed by atoms with Gasteiger partial charge >= 0.3 is 0 Å². The third-order valence-corrected chi connectivity index (χ3v) is 3.88. The summed E-state index contributed by atoms with van der Waals surface area (Å²) in [6, 6.07) is 1.69. The molecule has 0 saturated carbocycles. The van der Waals surface area contributed by atoms with Gasteiger partial charge in [-0.25, -0.2) is 0 Å². The second-order valence-corrected chi connectivity index (χ2v) is 6.14. The van der Waals surface area contributed by atoms with E-state index in [0.29, 0.717) is 5.69 Å². The summed E-state index contributed by atoms with van der Waals surface area (Å²) in [6.45, 7) is 9.02. The molecule has 20 heavy (non-hydrogen) atoms. The smallest absolute Gasteiger partial charge is 0.269 e. The average molecular weight is 278 g/mol. The normalized spacial score (nSPS) is 23.7. The summed E-state index contributed by atoms with van der Waals surface area (Å²) >= 11 is 0. The van der Waals surface area contributed by atoms with Crippen LogP contribution in [0.1, 0.15) is 43.6 Å². The zero-order valence-electron chi connectivity index (χ0n) is 12.6. The van der Waals surface area contributed by atoms with Gasteiger partial charge in [-0.2, -0.15) is 5.10 Å². The molecule has 5 heteroatoms. The minimum atomic E-state index is -0.0669. The van der Waals surface area contributed by atoms with E-state index in [2.05, 4.69) is 34.3 Å². The fourth-order valence-electron chi connectivity index (χ4n) is 3.11. The summed E-state index contributed by atoms with van der Waals surface area (Å²) in [4.78, 5) is 14.2. The summed E-state index contributed by atoms with van der Waals surface area (Å²) in [6.07, 6.45) is 5.12. The van der Waals surface area contributed by atoms with Crippen molar-refractivity contribution in [1.29, 1.82) is 0 Å². The van der Waals surface area contributed by atoms with Crippen molar-refractivity contribution < 1.29 is 4.79 Å². The van der Waals surface area contributed by atoms with Gasteiger partial charge in [-0.15, -0.1) is 0 Å². The Morgan fingerprint density at radius 3 is 2.80 bits per heavy atom.